The van der Waals surface area contributed by atoms with Gasteiger partial charge in [-0.2, -0.15) is 0 Å². The monoisotopic (exact) mass is 405 g/mol. The Labute approximate surface area is 170 Å². The van der Waals surface area contributed by atoms with E-state index in [0.29, 0.717) is 10.6 Å². The standard InChI is InChI=1S/C22H15NO5S/c1-12-10-11-29-21(12)20(26)17-18(24)14-8-5-9-15(16(14)19(17)25)23-22(27)28-13-6-3-2-4-7-13/h2-11,17H,1H3,(H,23,27). The molecule has 0 aliphatic heterocycles. The predicted molar refractivity (Wildman–Crippen MR) is 108 cm³/mol. The number of aryl methyl sites for hydroxylation is 1. The maximum absolute atomic E-state index is 13.0. The summed E-state index contributed by atoms with van der Waals surface area (Å²) in [4.78, 5) is 51.3. The lowest BCUT2D eigenvalue weighted by molar-refractivity contribution is 0.0758. The van der Waals surface area contributed by atoms with Gasteiger partial charge in [-0.05, 0) is 42.1 Å². The van der Waals surface area contributed by atoms with Gasteiger partial charge in [0.1, 0.15) is 11.7 Å². The number of para-hydroxylation sites is 1. The molecule has 144 valence electrons. The van der Waals surface area contributed by atoms with Gasteiger partial charge in [-0.15, -0.1) is 11.3 Å². The van der Waals surface area contributed by atoms with E-state index < -0.39 is 29.4 Å². The number of benzene rings is 2. The maximum atomic E-state index is 13.0. The fourth-order valence-corrected chi connectivity index (χ4v) is 4.17. The van der Waals surface area contributed by atoms with Crippen LogP contribution in [-0.2, 0) is 0 Å². The summed E-state index contributed by atoms with van der Waals surface area (Å²) in [6.45, 7) is 1.76. The molecule has 0 saturated heterocycles. The molecule has 1 heterocycles. The zero-order valence-corrected chi connectivity index (χ0v) is 16.1. The van der Waals surface area contributed by atoms with Crippen LogP contribution in [-0.4, -0.2) is 23.4 Å². The Kier molecular flexibility index (Phi) is 4.82. The summed E-state index contributed by atoms with van der Waals surface area (Å²) in [5.41, 5.74) is 1.02. The Morgan fingerprint density at radius 1 is 0.966 bits per heavy atom. The van der Waals surface area contributed by atoms with E-state index in [1.165, 1.54) is 23.5 Å². The minimum absolute atomic E-state index is 0.0371. The number of carbonyl (C=O) groups is 4. The van der Waals surface area contributed by atoms with Gasteiger partial charge < -0.3 is 4.74 Å². The molecule has 1 amide bonds. The van der Waals surface area contributed by atoms with Gasteiger partial charge in [0.25, 0.3) is 0 Å². The summed E-state index contributed by atoms with van der Waals surface area (Å²) in [5, 5.41) is 4.25. The topological polar surface area (TPSA) is 89.5 Å². The van der Waals surface area contributed by atoms with Gasteiger partial charge in [-0.1, -0.05) is 30.3 Å². The minimum atomic E-state index is -1.42. The van der Waals surface area contributed by atoms with Crippen molar-refractivity contribution in [3.63, 3.8) is 0 Å². The summed E-state index contributed by atoms with van der Waals surface area (Å²) >= 11 is 1.20. The molecule has 1 aliphatic rings. The smallest absolute Gasteiger partial charge is 0.410 e. The van der Waals surface area contributed by atoms with Crippen molar-refractivity contribution in [1.82, 2.24) is 0 Å². The van der Waals surface area contributed by atoms with E-state index in [1.54, 1.807) is 54.8 Å². The lowest BCUT2D eigenvalue weighted by atomic mass is 9.96. The van der Waals surface area contributed by atoms with Gasteiger partial charge in [0.2, 0.25) is 0 Å². The molecule has 0 spiro atoms. The SMILES string of the molecule is Cc1ccsc1C(=O)C1C(=O)c2cccc(NC(=O)Oc3ccccc3)c2C1=O. The molecule has 1 aliphatic carbocycles. The van der Waals surface area contributed by atoms with Gasteiger partial charge in [-0.3, -0.25) is 19.7 Å². The Morgan fingerprint density at radius 2 is 1.72 bits per heavy atom. The van der Waals surface area contributed by atoms with E-state index in [1.807, 2.05) is 0 Å². The summed E-state index contributed by atoms with van der Waals surface area (Å²) < 4.78 is 5.18. The quantitative estimate of drug-likeness (QED) is 0.508. The highest BCUT2D eigenvalue weighted by Gasteiger charge is 2.45. The molecule has 3 aromatic rings. The molecular formula is C22H15NO5S. The number of hydrogen-bond acceptors (Lipinski definition) is 6. The molecule has 6 nitrogen and oxygen atoms in total. The van der Waals surface area contributed by atoms with Crippen LogP contribution in [0.4, 0.5) is 10.5 Å². The van der Waals surface area contributed by atoms with E-state index in [-0.39, 0.29) is 16.8 Å². The molecular weight excluding hydrogens is 390 g/mol. The van der Waals surface area contributed by atoms with Crippen LogP contribution < -0.4 is 10.1 Å². The summed E-state index contributed by atoms with van der Waals surface area (Å²) in [7, 11) is 0. The molecule has 1 aromatic heterocycles. The molecule has 4 rings (SSSR count). The number of thiophene rings is 1. The number of fused-ring (bicyclic) bond motifs is 1. The van der Waals surface area contributed by atoms with E-state index in [0.717, 1.165) is 5.56 Å². The Bertz CT molecular complexity index is 1150. The van der Waals surface area contributed by atoms with Gasteiger partial charge >= 0.3 is 6.09 Å². The largest absolute Gasteiger partial charge is 0.417 e. The number of ketones is 3. The van der Waals surface area contributed by atoms with Gasteiger partial charge in [0.15, 0.2) is 17.3 Å². The molecule has 7 heteroatoms. The van der Waals surface area contributed by atoms with Crippen molar-refractivity contribution >= 4 is 40.5 Å². The third-order valence-corrected chi connectivity index (χ3v) is 5.67. The molecule has 0 radical (unpaired) electrons. The molecule has 1 N–H and O–H groups in total. The number of Topliss-reactive ketones (excluding diaryl/α,β-unsaturated/α-hetero) is 3. The maximum Gasteiger partial charge on any atom is 0.417 e. The summed E-state index contributed by atoms with van der Waals surface area (Å²) in [5.74, 6) is -2.76. The Balaban J connectivity index is 1.62. The zero-order valence-electron chi connectivity index (χ0n) is 15.3. The molecule has 2 aromatic carbocycles. The van der Waals surface area contributed by atoms with Crippen molar-refractivity contribution in [2.75, 3.05) is 5.32 Å². The van der Waals surface area contributed by atoms with Gasteiger partial charge in [-0.25, -0.2) is 4.79 Å². The zero-order chi connectivity index (χ0) is 20.5. The summed E-state index contributed by atoms with van der Waals surface area (Å²) in [6, 6.07) is 14.7. The molecule has 1 atom stereocenters. The first-order chi connectivity index (χ1) is 14.0. The first-order valence-corrected chi connectivity index (χ1v) is 9.69. The minimum Gasteiger partial charge on any atom is -0.410 e. The van der Waals surface area contributed by atoms with Crippen LogP contribution in [0.1, 0.15) is 36.0 Å². The Morgan fingerprint density at radius 3 is 2.41 bits per heavy atom. The first kappa shape index (κ1) is 18.8. The van der Waals surface area contributed by atoms with Crippen LogP contribution in [0, 0.1) is 12.8 Å². The van der Waals surface area contributed by atoms with Crippen molar-refractivity contribution < 1.29 is 23.9 Å². The molecule has 1 unspecified atom stereocenters. The number of nitrogens with one attached hydrogen (secondary N) is 1. The third-order valence-electron chi connectivity index (χ3n) is 4.64. The molecule has 0 fully saturated rings. The van der Waals surface area contributed by atoms with E-state index >= 15 is 0 Å². The lowest BCUT2D eigenvalue weighted by Gasteiger charge is -2.09. The average Bonchev–Trinajstić information content (AvgIpc) is 3.24. The normalized spacial score (nSPS) is 15.1. The second-order valence-corrected chi connectivity index (χ2v) is 7.43. The number of hydrogen-bond donors (Lipinski definition) is 1. The van der Waals surface area contributed by atoms with Crippen LogP contribution in [0.3, 0.4) is 0 Å². The average molecular weight is 405 g/mol. The molecule has 29 heavy (non-hydrogen) atoms. The second-order valence-electron chi connectivity index (χ2n) is 6.51. The van der Waals surface area contributed by atoms with Crippen LogP contribution >= 0.6 is 11.3 Å². The lowest BCUT2D eigenvalue weighted by Crippen LogP contribution is -2.26. The fourth-order valence-electron chi connectivity index (χ4n) is 3.27. The predicted octanol–water partition coefficient (Wildman–Crippen LogP) is 4.55. The van der Waals surface area contributed by atoms with Crippen molar-refractivity contribution in [3.8, 4) is 5.75 Å². The Hall–Kier alpha value is -3.58. The highest BCUT2D eigenvalue weighted by atomic mass is 32.1. The number of amides is 1. The van der Waals surface area contributed by atoms with E-state index in [9.17, 15) is 19.2 Å². The van der Waals surface area contributed by atoms with Crippen LogP contribution in [0.5, 0.6) is 5.75 Å². The number of carbonyl (C=O) groups excluding carboxylic acids is 4. The van der Waals surface area contributed by atoms with Crippen molar-refractivity contribution in [1.29, 1.82) is 0 Å². The summed E-state index contributed by atoms with van der Waals surface area (Å²) in [6.07, 6.45) is -0.797. The van der Waals surface area contributed by atoms with Crippen LogP contribution in [0.15, 0.2) is 60.0 Å². The highest BCUT2D eigenvalue weighted by molar-refractivity contribution is 7.12. The third kappa shape index (κ3) is 3.36. The molecule has 0 saturated carbocycles. The van der Waals surface area contributed by atoms with Crippen molar-refractivity contribution in [3.05, 3.63) is 81.5 Å². The van der Waals surface area contributed by atoms with Crippen LogP contribution in [0.2, 0.25) is 0 Å². The highest BCUT2D eigenvalue weighted by Crippen LogP contribution is 2.35. The van der Waals surface area contributed by atoms with Crippen molar-refractivity contribution in [2.45, 2.75) is 6.92 Å². The second kappa shape index (κ2) is 7.44. The number of ether oxygens (including phenoxy) is 1. The number of rotatable bonds is 4. The fraction of sp³-hybridized carbons (Fsp3) is 0.0909. The molecule has 0 bridgehead atoms. The van der Waals surface area contributed by atoms with Crippen molar-refractivity contribution in [2.24, 2.45) is 5.92 Å². The van der Waals surface area contributed by atoms with Gasteiger partial charge in [0.05, 0.1) is 16.1 Å². The first-order valence-electron chi connectivity index (χ1n) is 8.81. The van der Waals surface area contributed by atoms with E-state index in [4.69, 9.17) is 4.74 Å². The van der Waals surface area contributed by atoms with E-state index in [2.05, 4.69) is 5.32 Å². The van der Waals surface area contributed by atoms with Gasteiger partial charge in [0, 0.05) is 5.56 Å². The van der Waals surface area contributed by atoms with Crippen LogP contribution in [0.25, 0.3) is 0 Å². The number of anilines is 1.